The van der Waals surface area contributed by atoms with Crippen molar-refractivity contribution in [1.82, 2.24) is 24.8 Å². The summed E-state index contributed by atoms with van der Waals surface area (Å²) in [5.74, 6) is 0.726. The van der Waals surface area contributed by atoms with Crippen LogP contribution in [0.1, 0.15) is 28.1 Å². The van der Waals surface area contributed by atoms with E-state index in [0.29, 0.717) is 6.54 Å². The number of hydrogen-bond acceptors (Lipinski definition) is 7. The first kappa shape index (κ1) is 18.0. The van der Waals surface area contributed by atoms with Crippen LogP contribution >= 0.6 is 11.3 Å². The summed E-state index contributed by atoms with van der Waals surface area (Å²) in [4.78, 5) is 32.1. The lowest BCUT2D eigenvalue weighted by Crippen LogP contribution is -2.25. The quantitative estimate of drug-likeness (QED) is 0.474. The van der Waals surface area contributed by atoms with Crippen molar-refractivity contribution < 1.29 is 4.79 Å². The van der Waals surface area contributed by atoms with E-state index < -0.39 is 0 Å². The van der Waals surface area contributed by atoms with Gasteiger partial charge >= 0.3 is 0 Å². The Kier molecular flexibility index (Phi) is 4.61. The Bertz CT molecular complexity index is 1150. The number of benzene rings is 1. The van der Waals surface area contributed by atoms with Gasteiger partial charge in [-0.05, 0) is 30.7 Å². The van der Waals surface area contributed by atoms with Crippen molar-refractivity contribution in [2.24, 2.45) is 0 Å². The van der Waals surface area contributed by atoms with Gasteiger partial charge in [0.05, 0.1) is 27.0 Å². The molecule has 5 rings (SSSR count). The summed E-state index contributed by atoms with van der Waals surface area (Å²) < 4.78 is 1.20. The Hall–Kier alpha value is -3.03. The number of aryl methyl sites for hydroxylation is 1. The molecule has 0 aliphatic carbocycles. The molecule has 0 radical (unpaired) electrons. The van der Waals surface area contributed by atoms with Gasteiger partial charge in [-0.1, -0.05) is 12.1 Å². The second-order valence-electron chi connectivity index (χ2n) is 7.11. The Morgan fingerprint density at radius 1 is 1.17 bits per heavy atom. The van der Waals surface area contributed by atoms with Gasteiger partial charge in [0.2, 0.25) is 0 Å². The van der Waals surface area contributed by atoms with E-state index in [4.69, 9.17) is 4.98 Å². The first-order valence-electron chi connectivity index (χ1n) is 9.53. The van der Waals surface area contributed by atoms with Gasteiger partial charge in [0.1, 0.15) is 12.1 Å². The number of para-hydroxylation sites is 1. The number of fused-ring (bicyclic) bond motifs is 2. The summed E-state index contributed by atoms with van der Waals surface area (Å²) in [6.45, 7) is 3.27. The van der Waals surface area contributed by atoms with Gasteiger partial charge in [0, 0.05) is 49.2 Å². The zero-order valence-corrected chi connectivity index (χ0v) is 16.8. The number of hydrogen-bond donors (Lipinski definition) is 0. The molecule has 0 spiro atoms. The van der Waals surface area contributed by atoms with Crippen molar-refractivity contribution >= 4 is 27.8 Å². The van der Waals surface area contributed by atoms with Crippen LogP contribution in [0.25, 0.3) is 21.3 Å². The number of rotatable bonds is 5. The highest BCUT2D eigenvalue weighted by Gasteiger charge is 2.33. The molecule has 7 heteroatoms. The van der Waals surface area contributed by atoms with E-state index >= 15 is 0 Å². The highest BCUT2D eigenvalue weighted by molar-refractivity contribution is 7.18. The summed E-state index contributed by atoms with van der Waals surface area (Å²) in [7, 11) is 0. The highest BCUT2D eigenvalue weighted by Crippen LogP contribution is 2.38. The number of aldehydes is 1. The smallest absolute Gasteiger partial charge is 0.141 e. The molecule has 6 nitrogen and oxygen atoms in total. The lowest BCUT2D eigenvalue weighted by Gasteiger charge is -2.20. The predicted molar refractivity (Wildman–Crippen MR) is 113 cm³/mol. The van der Waals surface area contributed by atoms with E-state index in [9.17, 15) is 4.79 Å². The Balaban J connectivity index is 1.41. The Morgan fingerprint density at radius 3 is 2.79 bits per heavy atom. The summed E-state index contributed by atoms with van der Waals surface area (Å²) in [6, 6.07) is 9.80. The second kappa shape index (κ2) is 7.42. The van der Waals surface area contributed by atoms with Crippen molar-refractivity contribution in [2.75, 3.05) is 6.54 Å². The first-order valence-corrected chi connectivity index (χ1v) is 10.3. The van der Waals surface area contributed by atoms with Gasteiger partial charge in [-0.2, -0.15) is 0 Å². The fourth-order valence-corrected chi connectivity index (χ4v) is 4.82. The van der Waals surface area contributed by atoms with Crippen LogP contribution in [-0.4, -0.2) is 37.7 Å². The second-order valence-corrected chi connectivity index (χ2v) is 8.23. The Morgan fingerprint density at radius 2 is 2.00 bits per heavy atom. The number of aromatic nitrogens is 4. The molecular formula is C22H19N5OS. The van der Waals surface area contributed by atoms with E-state index in [2.05, 4.69) is 25.9 Å². The molecule has 1 aromatic carbocycles. The summed E-state index contributed by atoms with van der Waals surface area (Å²) in [5, 5.41) is 1.09. The average Bonchev–Trinajstić information content (AvgIpc) is 3.33. The number of thiazole rings is 1. The maximum absolute atomic E-state index is 12.1. The molecule has 29 heavy (non-hydrogen) atoms. The largest absolute Gasteiger partial charge is 0.301 e. The van der Waals surface area contributed by atoms with Crippen molar-refractivity contribution in [1.29, 1.82) is 0 Å². The third kappa shape index (κ3) is 3.32. The van der Waals surface area contributed by atoms with Crippen LogP contribution in [0.3, 0.4) is 0 Å². The molecule has 3 aromatic heterocycles. The number of carbonyl (C=O) groups excluding carboxylic acids is 1. The van der Waals surface area contributed by atoms with E-state index in [1.54, 1.807) is 17.5 Å². The van der Waals surface area contributed by atoms with Gasteiger partial charge < -0.3 is 4.79 Å². The number of carbonyl (C=O) groups is 1. The van der Waals surface area contributed by atoms with Crippen LogP contribution in [0.5, 0.6) is 0 Å². The summed E-state index contributed by atoms with van der Waals surface area (Å²) in [6.07, 6.45) is 7.24. The molecule has 0 N–H and O–H groups in total. The third-order valence-electron chi connectivity index (χ3n) is 5.29. The zero-order chi connectivity index (χ0) is 19.8. The normalized spacial score (nSPS) is 16.2. The average molecular weight is 401 g/mol. The molecule has 0 fully saturated rings. The monoisotopic (exact) mass is 401 g/mol. The van der Waals surface area contributed by atoms with Crippen LogP contribution in [0.15, 0.2) is 48.9 Å². The summed E-state index contributed by atoms with van der Waals surface area (Å²) >= 11 is 1.72. The molecule has 1 unspecified atom stereocenters. The topological polar surface area (TPSA) is 71.9 Å². The molecule has 0 saturated carbocycles. The third-order valence-corrected chi connectivity index (χ3v) is 6.38. The molecule has 4 heterocycles. The molecule has 144 valence electrons. The van der Waals surface area contributed by atoms with Crippen LogP contribution in [0, 0.1) is 6.92 Å². The molecule has 1 aliphatic rings. The maximum atomic E-state index is 12.1. The van der Waals surface area contributed by atoms with Crippen LogP contribution < -0.4 is 0 Å². The maximum Gasteiger partial charge on any atom is 0.141 e. The molecule has 4 aromatic rings. The van der Waals surface area contributed by atoms with Gasteiger partial charge in [0.15, 0.2) is 0 Å². The van der Waals surface area contributed by atoms with Crippen molar-refractivity contribution in [3.8, 4) is 11.1 Å². The molecular weight excluding hydrogens is 382 g/mol. The van der Waals surface area contributed by atoms with Gasteiger partial charge in [0.25, 0.3) is 0 Å². The minimum absolute atomic E-state index is 0.315. The number of pyridine rings is 1. The molecule has 1 aliphatic heterocycles. The number of nitrogens with zero attached hydrogens (tertiary/aromatic N) is 5. The molecule has 0 amide bonds. The first-order chi connectivity index (χ1) is 14.2. The van der Waals surface area contributed by atoms with Crippen molar-refractivity contribution in [2.45, 2.75) is 25.9 Å². The predicted octanol–water partition coefficient (Wildman–Crippen LogP) is 3.76. The Labute approximate surface area is 172 Å². The van der Waals surface area contributed by atoms with E-state index in [1.807, 2.05) is 43.6 Å². The standard InChI is InChI=1S/C22H19N5OS/c1-14-24-10-15(11-25-14)16-6-8-23-18-12-27(19(13-28)22(16)18)9-7-21-26-17-4-2-3-5-20(17)29-21/h2-6,8,10-11,13,19H,7,9,12H2,1H3. The van der Waals surface area contributed by atoms with Crippen LogP contribution in [-0.2, 0) is 17.8 Å². The van der Waals surface area contributed by atoms with Crippen molar-refractivity contribution in [3.05, 3.63) is 71.0 Å². The van der Waals surface area contributed by atoms with Gasteiger partial charge in [-0.15, -0.1) is 11.3 Å². The van der Waals surface area contributed by atoms with E-state index in [0.717, 1.165) is 58.0 Å². The zero-order valence-electron chi connectivity index (χ0n) is 15.9. The SMILES string of the molecule is Cc1ncc(-c2ccnc3c2C(C=O)N(CCc2nc4ccccc4s2)C3)cn1. The van der Waals surface area contributed by atoms with Crippen LogP contribution in [0.2, 0.25) is 0 Å². The highest BCUT2D eigenvalue weighted by atomic mass is 32.1. The lowest BCUT2D eigenvalue weighted by molar-refractivity contribution is -0.112. The van der Waals surface area contributed by atoms with Crippen LogP contribution in [0.4, 0.5) is 0 Å². The fraction of sp³-hybridized carbons (Fsp3) is 0.227. The van der Waals surface area contributed by atoms with Gasteiger partial charge in [-0.25, -0.2) is 15.0 Å². The molecule has 0 saturated heterocycles. The fourth-order valence-electron chi connectivity index (χ4n) is 3.87. The van der Waals surface area contributed by atoms with Crippen molar-refractivity contribution in [3.63, 3.8) is 0 Å². The minimum Gasteiger partial charge on any atom is -0.301 e. The van der Waals surface area contributed by atoms with Gasteiger partial charge in [-0.3, -0.25) is 9.88 Å². The minimum atomic E-state index is -0.315. The molecule has 0 bridgehead atoms. The van der Waals surface area contributed by atoms with E-state index in [1.165, 1.54) is 4.70 Å². The summed E-state index contributed by atoms with van der Waals surface area (Å²) in [5.41, 5.74) is 4.85. The molecule has 1 atom stereocenters. The lowest BCUT2D eigenvalue weighted by atomic mass is 9.98. The van der Waals surface area contributed by atoms with E-state index in [-0.39, 0.29) is 6.04 Å².